The molecule has 1 aromatic rings. The van der Waals surface area contributed by atoms with Gasteiger partial charge in [0.05, 0.1) is 0 Å². The van der Waals surface area contributed by atoms with Crippen LogP contribution in [0.4, 0.5) is 13.2 Å². The van der Waals surface area contributed by atoms with Crippen LogP contribution in [0, 0.1) is 4.64 Å². The van der Waals surface area contributed by atoms with Gasteiger partial charge in [-0.2, -0.15) is 13.2 Å². The molecule has 0 saturated heterocycles. The molecule has 6 heteroatoms. The molecule has 0 aliphatic rings. The molecule has 0 atom stereocenters. The highest BCUT2D eigenvalue weighted by Crippen LogP contribution is 2.27. The van der Waals surface area contributed by atoms with Gasteiger partial charge in [0, 0.05) is 12.6 Å². The molecule has 2 nitrogen and oxygen atoms in total. The first kappa shape index (κ1) is 9.31. The molecule has 0 fully saturated rings. The molecule has 1 heterocycles. The lowest BCUT2D eigenvalue weighted by molar-refractivity contribution is -0.141. The number of hydrogen-bond donors (Lipinski definition) is 1. The van der Waals surface area contributed by atoms with Crippen molar-refractivity contribution in [2.75, 3.05) is 0 Å². The minimum Gasteiger partial charge on any atom is -0.293 e. The Morgan fingerprint density at radius 2 is 2.17 bits per heavy atom. The molecule has 0 amide bonds. The summed E-state index contributed by atoms with van der Waals surface area (Å²) in [5.41, 5.74) is -0.797. The van der Waals surface area contributed by atoms with Crippen molar-refractivity contribution in [1.29, 1.82) is 0 Å². The summed E-state index contributed by atoms with van der Waals surface area (Å²) in [5.74, 6) is 0. The van der Waals surface area contributed by atoms with E-state index < -0.39 is 11.9 Å². The van der Waals surface area contributed by atoms with Gasteiger partial charge in [0.1, 0.15) is 10.3 Å². The zero-order valence-corrected chi connectivity index (χ0v) is 7.09. The highest BCUT2D eigenvalue weighted by Gasteiger charge is 2.32. The maximum absolute atomic E-state index is 12.0. The average molecular weight is 196 g/mol. The largest absolute Gasteiger partial charge is 0.432 e. The van der Waals surface area contributed by atoms with E-state index in [1.54, 1.807) is 6.92 Å². The molecule has 0 saturated carbocycles. The summed E-state index contributed by atoms with van der Waals surface area (Å²) < 4.78 is 37.5. The van der Waals surface area contributed by atoms with Crippen LogP contribution in [-0.4, -0.2) is 9.78 Å². The predicted octanol–water partition coefficient (Wildman–Crippen LogP) is 2.58. The van der Waals surface area contributed by atoms with Gasteiger partial charge in [0.25, 0.3) is 0 Å². The third-order valence-electron chi connectivity index (χ3n) is 1.41. The lowest BCUT2D eigenvalue weighted by atomic mass is 10.4. The molecule has 1 rings (SSSR count). The number of alkyl halides is 3. The number of halogens is 3. The summed E-state index contributed by atoms with van der Waals surface area (Å²) in [6, 6.07) is 0.916. The zero-order chi connectivity index (χ0) is 9.35. The lowest BCUT2D eigenvalue weighted by Crippen LogP contribution is -2.07. The van der Waals surface area contributed by atoms with Gasteiger partial charge >= 0.3 is 6.18 Å². The molecule has 0 radical (unpaired) electrons. The molecule has 1 aromatic heterocycles. The van der Waals surface area contributed by atoms with E-state index in [1.165, 1.54) is 4.68 Å². The molecule has 0 bridgehead atoms. The number of aromatic amines is 1. The Balaban J connectivity index is 3.14. The summed E-state index contributed by atoms with van der Waals surface area (Å²) in [6.45, 7) is 2.13. The summed E-state index contributed by atoms with van der Waals surface area (Å²) in [5, 5.41) is 2.16. The molecule has 68 valence electrons. The van der Waals surface area contributed by atoms with Gasteiger partial charge in [-0.25, -0.2) is 0 Å². The molecular weight excluding hydrogens is 189 g/mol. The quantitative estimate of drug-likeness (QED) is 0.684. The van der Waals surface area contributed by atoms with Gasteiger partial charge in [0.2, 0.25) is 0 Å². The highest BCUT2D eigenvalue weighted by molar-refractivity contribution is 7.71. The first-order valence-electron chi connectivity index (χ1n) is 3.32. The zero-order valence-electron chi connectivity index (χ0n) is 6.27. The molecule has 0 unspecified atom stereocenters. The first-order chi connectivity index (χ1) is 5.45. The minimum atomic E-state index is -4.34. The van der Waals surface area contributed by atoms with Crippen LogP contribution in [0.5, 0.6) is 0 Å². The summed E-state index contributed by atoms with van der Waals surface area (Å²) in [6.07, 6.45) is -4.34. The van der Waals surface area contributed by atoms with Crippen molar-refractivity contribution in [3.05, 3.63) is 16.4 Å². The third kappa shape index (κ3) is 1.69. The van der Waals surface area contributed by atoms with Crippen LogP contribution < -0.4 is 0 Å². The van der Waals surface area contributed by atoms with E-state index >= 15 is 0 Å². The predicted molar refractivity (Wildman–Crippen MR) is 40.3 cm³/mol. The normalized spacial score (nSPS) is 12.0. The standard InChI is InChI=1S/C6H7F3N2S/c1-2-11-5(12)3-4(10-11)6(7,8)9/h3,10H,2H2,1H3. The van der Waals surface area contributed by atoms with E-state index in [-0.39, 0.29) is 4.64 Å². The summed E-state index contributed by atoms with van der Waals surface area (Å²) in [7, 11) is 0. The molecular formula is C6H7F3N2S. The van der Waals surface area contributed by atoms with Crippen molar-refractivity contribution in [3.8, 4) is 0 Å². The van der Waals surface area contributed by atoms with Crippen molar-refractivity contribution in [1.82, 2.24) is 9.78 Å². The van der Waals surface area contributed by atoms with E-state index in [2.05, 4.69) is 17.3 Å². The van der Waals surface area contributed by atoms with E-state index in [4.69, 9.17) is 0 Å². The first-order valence-corrected chi connectivity index (χ1v) is 3.73. The van der Waals surface area contributed by atoms with Gasteiger partial charge in [0.15, 0.2) is 0 Å². The number of aromatic nitrogens is 2. The second-order valence-electron chi connectivity index (χ2n) is 2.25. The Bertz CT molecular complexity index is 322. The fraction of sp³-hybridized carbons (Fsp3) is 0.500. The molecule has 1 N–H and O–H groups in total. The number of rotatable bonds is 1. The van der Waals surface area contributed by atoms with Crippen LogP contribution >= 0.6 is 12.2 Å². The fourth-order valence-corrected chi connectivity index (χ4v) is 1.11. The molecule has 0 spiro atoms. The monoisotopic (exact) mass is 196 g/mol. The SMILES string of the molecule is CCn1[nH]c(C(F)(F)F)cc1=S. The van der Waals surface area contributed by atoms with Crippen molar-refractivity contribution >= 4 is 12.2 Å². The van der Waals surface area contributed by atoms with E-state index in [1.807, 2.05) is 0 Å². The van der Waals surface area contributed by atoms with Crippen LogP contribution in [0.15, 0.2) is 6.07 Å². The Kier molecular flexibility index (Phi) is 2.27. The van der Waals surface area contributed by atoms with Gasteiger partial charge in [-0.05, 0) is 6.92 Å². The van der Waals surface area contributed by atoms with Crippen molar-refractivity contribution in [2.24, 2.45) is 0 Å². The Morgan fingerprint density at radius 1 is 1.58 bits per heavy atom. The van der Waals surface area contributed by atoms with Crippen LogP contribution in [0.1, 0.15) is 12.6 Å². The van der Waals surface area contributed by atoms with Crippen LogP contribution in [0.3, 0.4) is 0 Å². The van der Waals surface area contributed by atoms with Crippen LogP contribution in [0.2, 0.25) is 0 Å². The molecule has 0 aliphatic heterocycles. The van der Waals surface area contributed by atoms with E-state index in [0.29, 0.717) is 6.54 Å². The minimum absolute atomic E-state index is 0.171. The van der Waals surface area contributed by atoms with Gasteiger partial charge in [-0.1, -0.05) is 12.2 Å². The van der Waals surface area contributed by atoms with Crippen LogP contribution in [0.25, 0.3) is 0 Å². The number of aryl methyl sites for hydroxylation is 1. The van der Waals surface area contributed by atoms with Crippen molar-refractivity contribution < 1.29 is 13.2 Å². The number of H-pyrrole nitrogens is 1. The molecule has 0 aliphatic carbocycles. The van der Waals surface area contributed by atoms with Crippen molar-refractivity contribution in [2.45, 2.75) is 19.6 Å². The maximum atomic E-state index is 12.0. The number of nitrogens with one attached hydrogen (secondary N) is 1. The maximum Gasteiger partial charge on any atom is 0.432 e. The Morgan fingerprint density at radius 3 is 2.42 bits per heavy atom. The second-order valence-corrected chi connectivity index (χ2v) is 2.67. The highest BCUT2D eigenvalue weighted by atomic mass is 32.1. The Labute approximate surface area is 72.0 Å². The Hall–Kier alpha value is -0.780. The van der Waals surface area contributed by atoms with Gasteiger partial charge < -0.3 is 0 Å². The molecule has 0 aromatic carbocycles. The fourth-order valence-electron chi connectivity index (χ4n) is 0.814. The second kappa shape index (κ2) is 2.93. The summed E-state index contributed by atoms with van der Waals surface area (Å²) >= 11 is 4.67. The average Bonchev–Trinajstić information content (AvgIpc) is 2.29. The van der Waals surface area contributed by atoms with Gasteiger partial charge in [-0.3, -0.25) is 9.78 Å². The molecule has 12 heavy (non-hydrogen) atoms. The lowest BCUT2D eigenvalue weighted by Gasteiger charge is -2.02. The number of hydrogen-bond acceptors (Lipinski definition) is 1. The van der Waals surface area contributed by atoms with E-state index in [0.717, 1.165) is 6.07 Å². The smallest absolute Gasteiger partial charge is 0.293 e. The summed E-state index contributed by atoms with van der Waals surface area (Å²) in [4.78, 5) is 0. The van der Waals surface area contributed by atoms with Crippen LogP contribution in [-0.2, 0) is 12.7 Å². The third-order valence-corrected chi connectivity index (χ3v) is 1.75. The van der Waals surface area contributed by atoms with Gasteiger partial charge in [-0.15, -0.1) is 0 Å². The number of nitrogens with zero attached hydrogens (tertiary/aromatic N) is 1. The van der Waals surface area contributed by atoms with Crippen molar-refractivity contribution in [3.63, 3.8) is 0 Å². The van der Waals surface area contributed by atoms with E-state index in [9.17, 15) is 13.2 Å². The topological polar surface area (TPSA) is 20.7 Å².